The second-order valence-corrected chi connectivity index (χ2v) is 8.59. The van der Waals surface area contributed by atoms with Gasteiger partial charge in [-0.05, 0) is 31.4 Å². The molecule has 0 amide bonds. The first-order valence-corrected chi connectivity index (χ1v) is 9.18. The summed E-state index contributed by atoms with van der Waals surface area (Å²) in [4.78, 5) is 0.124. The lowest BCUT2D eigenvalue weighted by atomic mass is 10.1. The van der Waals surface area contributed by atoms with Crippen LogP contribution < -0.4 is 0 Å². The van der Waals surface area contributed by atoms with E-state index in [0.29, 0.717) is 6.42 Å². The van der Waals surface area contributed by atoms with E-state index in [-0.39, 0.29) is 28.9 Å². The average molecular weight is 304 g/mol. The minimum Gasteiger partial charge on any atom is -0.266 e. The summed E-state index contributed by atoms with van der Waals surface area (Å²) in [6.45, 7) is 1.89. The first-order chi connectivity index (χ1) is 8.78. The fourth-order valence-corrected chi connectivity index (χ4v) is 4.53. The SMILES string of the molecule is Cc1ccc(S(=O)(=O)OCCC2CS(=O)(=O)C2)cc1. The van der Waals surface area contributed by atoms with Crippen molar-refractivity contribution in [1.82, 2.24) is 0 Å². The van der Waals surface area contributed by atoms with Crippen LogP contribution in [0, 0.1) is 12.8 Å². The minimum atomic E-state index is -3.74. The number of hydrogen-bond donors (Lipinski definition) is 0. The molecule has 0 unspecified atom stereocenters. The Bertz CT molecular complexity index is 632. The van der Waals surface area contributed by atoms with Crippen molar-refractivity contribution in [2.24, 2.45) is 5.92 Å². The molecule has 106 valence electrons. The van der Waals surface area contributed by atoms with Crippen LogP contribution in [0.2, 0.25) is 0 Å². The quantitative estimate of drug-likeness (QED) is 0.762. The standard InChI is InChI=1S/C12H16O5S2/c1-10-2-4-12(5-3-10)19(15,16)17-7-6-11-8-18(13,14)9-11/h2-5,11H,6-9H2,1H3. The highest BCUT2D eigenvalue weighted by Crippen LogP contribution is 2.22. The number of benzene rings is 1. The molecule has 0 spiro atoms. The van der Waals surface area contributed by atoms with E-state index in [1.165, 1.54) is 12.1 Å². The van der Waals surface area contributed by atoms with Gasteiger partial charge in [-0.2, -0.15) is 8.42 Å². The molecule has 1 fully saturated rings. The van der Waals surface area contributed by atoms with Crippen LogP contribution in [-0.2, 0) is 24.1 Å². The molecule has 1 saturated heterocycles. The molecule has 19 heavy (non-hydrogen) atoms. The normalized spacial score (nSPS) is 19.0. The largest absolute Gasteiger partial charge is 0.296 e. The van der Waals surface area contributed by atoms with Gasteiger partial charge in [0.05, 0.1) is 23.0 Å². The van der Waals surface area contributed by atoms with Crippen molar-refractivity contribution >= 4 is 20.0 Å². The maximum absolute atomic E-state index is 11.8. The molecule has 0 bridgehead atoms. The molecular formula is C12H16O5S2. The van der Waals surface area contributed by atoms with Gasteiger partial charge in [-0.25, -0.2) is 8.42 Å². The molecule has 1 heterocycles. The Labute approximate surface area is 113 Å². The Hall–Kier alpha value is -0.920. The summed E-state index contributed by atoms with van der Waals surface area (Å²) < 4.78 is 50.4. The van der Waals surface area contributed by atoms with Crippen LogP contribution in [0.4, 0.5) is 0 Å². The van der Waals surface area contributed by atoms with Crippen LogP contribution in [0.25, 0.3) is 0 Å². The Morgan fingerprint density at radius 1 is 1.21 bits per heavy atom. The molecular weight excluding hydrogens is 288 g/mol. The van der Waals surface area contributed by atoms with Crippen molar-refractivity contribution < 1.29 is 21.0 Å². The summed E-state index contributed by atoms with van der Waals surface area (Å²) in [5, 5.41) is 0. The fourth-order valence-electron chi connectivity index (χ4n) is 1.93. The molecule has 0 radical (unpaired) electrons. The zero-order chi connectivity index (χ0) is 14.1. The molecule has 0 atom stereocenters. The highest BCUT2D eigenvalue weighted by molar-refractivity contribution is 7.92. The molecule has 1 aliphatic rings. The third-order valence-electron chi connectivity index (χ3n) is 3.05. The van der Waals surface area contributed by atoms with Crippen molar-refractivity contribution in [3.63, 3.8) is 0 Å². The monoisotopic (exact) mass is 304 g/mol. The van der Waals surface area contributed by atoms with E-state index in [9.17, 15) is 16.8 Å². The number of sulfone groups is 1. The smallest absolute Gasteiger partial charge is 0.266 e. The summed E-state index contributed by atoms with van der Waals surface area (Å²) in [6.07, 6.45) is 0.449. The maximum atomic E-state index is 11.8. The van der Waals surface area contributed by atoms with Crippen molar-refractivity contribution in [3.05, 3.63) is 29.8 Å². The summed E-state index contributed by atoms with van der Waals surface area (Å²) in [5.41, 5.74) is 0.971. The molecule has 1 aliphatic heterocycles. The molecule has 0 aliphatic carbocycles. The van der Waals surface area contributed by atoms with Gasteiger partial charge in [0.15, 0.2) is 9.84 Å². The number of rotatable bonds is 5. The maximum Gasteiger partial charge on any atom is 0.296 e. The Morgan fingerprint density at radius 3 is 2.32 bits per heavy atom. The lowest BCUT2D eigenvalue weighted by molar-refractivity contribution is 0.289. The highest BCUT2D eigenvalue weighted by atomic mass is 32.2. The second-order valence-electron chi connectivity index (χ2n) is 4.82. The highest BCUT2D eigenvalue weighted by Gasteiger charge is 2.33. The van der Waals surface area contributed by atoms with E-state index in [1.54, 1.807) is 12.1 Å². The Morgan fingerprint density at radius 2 is 1.79 bits per heavy atom. The zero-order valence-electron chi connectivity index (χ0n) is 10.6. The minimum absolute atomic E-state index is 0.0242. The van der Waals surface area contributed by atoms with Crippen LogP contribution in [0.5, 0.6) is 0 Å². The van der Waals surface area contributed by atoms with Crippen LogP contribution in [0.1, 0.15) is 12.0 Å². The van der Waals surface area contributed by atoms with Crippen LogP contribution in [0.3, 0.4) is 0 Å². The number of aryl methyl sites for hydroxylation is 1. The molecule has 5 nitrogen and oxygen atoms in total. The lowest BCUT2D eigenvalue weighted by Gasteiger charge is -2.25. The van der Waals surface area contributed by atoms with Gasteiger partial charge in [0.2, 0.25) is 0 Å². The van der Waals surface area contributed by atoms with Crippen molar-refractivity contribution in [2.75, 3.05) is 18.1 Å². The van der Waals surface area contributed by atoms with Gasteiger partial charge in [-0.15, -0.1) is 0 Å². The molecule has 7 heteroatoms. The van der Waals surface area contributed by atoms with Gasteiger partial charge in [0, 0.05) is 0 Å². The predicted octanol–water partition coefficient (Wildman–Crippen LogP) is 1.14. The van der Waals surface area contributed by atoms with E-state index in [2.05, 4.69) is 0 Å². The zero-order valence-corrected chi connectivity index (χ0v) is 12.2. The second kappa shape index (κ2) is 5.22. The van der Waals surface area contributed by atoms with Gasteiger partial charge < -0.3 is 0 Å². The summed E-state index contributed by atoms with van der Waals surface area (Å²) in [5.74, 6) is 0.306. The Balaban J connectivity index is 1.86. The Kier molecular flexibility index (Phi) is 3.98. The van der Waals surface area contributed by atoms with Crippen molar-refractivity contribution in [1.29, 1.82) is 0 Å². The number of hydrogen-bond acceptors (Lipinski definition) is 5. The van der Waals surface area contributed by atoms with Crippen LogP contribution in [0.15, 0.2) is 29.2 Å². The van der Waals surface area contributed by atoms with E-state index in [0.717, 1.165) is 5.56 Å². The van der Waals surface area contributed by atoms with Gasteiger partial charge in [-0.3, -0.25) is 4.18 Å². The molecule has 1 aromatic rings. The van der Waals surface area contributed by atoms with E-state index >= 15 is 0 Å². The summed E-state index contributed by atoms with van der Waals surface area (Å²) in [7, 11) is -6.59. The van der Waals surface area contributed by atoms with Gasteiger partial charge in [-0.1, -0.05) is 17.7 Å². The third kappa shape index (κ3) is 3.77. The average Bonchev–Trinajstić information content (AvgIpc) is 2.26. The topological polar surface area (TPSA) is 77.5 Å². The predicted molar refractivity (Wildman–Crippen MR) is 71.1 cm³/mol. The molecule has 0 saturated carbocycles. The molecule has 2 rings (SSSR count). The summed E-state index contributed by atoms with van der Waals surface area (Å²) >= 11 is 0. The van der Waals surface area contributed by atoms with Crippen molar-refractivity contribution in [3.8, 4) is 0 Å². The van der Waals surface area contributed by atoms with Gasteiger partial charge >= 0.3 is 0 Å². The first kappa shape index (κ1) is 14.5. The van der Waals surface area contributed by atoms with Gasteiger partial charge in [0.1, 0.15) is 0 Å². The van der Waals surface area contributed by atoms with Crippen molar-refractivity contribution in [2.45, 2.75) is 18.2 Å². The van der Waals surface area contributed by atoms with E-state index < -0.39 is 20.0 Å². The van der Waals surface area contributed by atoms with Crippen LogP contribution >= 0.6 is 0 Å². The van der Waals surface area contributed by atoms with Crippen LogP contribution in [-0.4, -0.2) is 34.9 Å². The third-order valence-corrected chi connectivity index (χ3v) is 6.34. The molecule has 0 N–H and O–H groups in total. The summed E-state index contributed by atoms with van der Waals surface area (Å²) in [6, 6.07) is 6.40. The lowest BCUT2D eigenvalue weighted by Crippen LogP contribution is -2.36. The fraction of sp³-hybridized carbons (Fsp3) is 0.500. The molecule has 1 aromatic carbocycles. The first-order valence-electron chi connectivity index (χ1n) is 5.95. The van der Waals surface area contributed by atoms with E-state index in [4.69, 9.17) is 4.18 Å². The molecule has 0 aromatic heterocycles. The van der Waals surface area contributed by atoms with E-state index in [1.807, 2.05) is 6.92 Å². The van der Waals surface area contributed by atoms with Gasteiger partial charge in [0.25, 0.3) is 10.1 Å².